The van der Waals surface area contributed by atoms with Crippen LogP contribution in [0.5, 0.6) is 0 Å². The first-order valence-corrected chi connectivity index (χ1v) is 7.26. The number of hydrogen-bond acceptors (Lipinski definition) is 3. The standard InChI is InChI=1S/C16H13Cl2N3/c1-9-4-3-5-13-14(9)16(19-2)21-15(20-13)11-7-6-10(17)8-12(11)18/h3-8H,1-2H3,(H,19,20,21). The fourth-order valence-electron chi connectivity index (χ4n) is 2.33. The second-order valence-corrected chi connectivity index (χ2v) is 5.58. The molecule has 3 nitrogen and oxygen atoms in total. The van der Waals surface area contributed by atoms with E-state index in [0.29, 0.717) is 15.9 Å². The molecule has 0 saturated carbocycles. The Hall–Kier alpha value is -1.84. The number of benzene rings is 2. The number of anilines is 1. The molecule has 3 aromatic rings. The molecule has 106 valence electrons. The topological polar surface area (TPSA) is 37.8 Å². The van der Waals surface area contributed by atoms with E-state index in [0.717, 1.165) is 27.8 Å². The third kappa shape index (κ3) is 2.55. The summed E-state index contributed by atoms with van der Waals surface area (Å²) in [7, 11) is 1.85. The molecule has 0 atom stereocenters. The molecular weight excluding hydrogens is 305 g/mol. The van der Waals surface area contributed by atoms with Crippen molar-refractivity contribution in [3.05, 3.63) is 52.0 Å². The minimum atomic E-state index is 0.538. The van der Waals surface area contributed by atoms with Gasteiger partial charge in [0.1, 0.15) is 5.82 Å². The average molecular weight is 318 g/mol. The maximum absolute atomic E-state index is 6.26. The lowest BCUT2D eigenvalue weighted by Crippen LogP contribution is -2.00. The molecular formula is C16H13Cl2N3. The normalized spacial score (nSPS) is 10.9. The van der Waals surface area contributed by atoms with E-state index in [9.17, 15) is 0 Å². The molecule has 0 aliphatic carbocycles. The van der Waals surface area contributed by atoms with Crippen molar-refractivity contribution >= 4 is 39.9 Å². The summed E-state index contributed by atoms with van der Waals surface area (Å²) in [6.07, 6.45) is 0. The van der Waals surface area contributed by atoms with Gasteiger partial charge in [0.05, 0.1) is 10.5 Å². The maximum Gasteiger partial charge on any atom is 0.163 e. The minimum absolute atomic E-state index is 0.538. The van der Waals surface area contributed by atoms with Gasteiger partial charge in [-0.15, -0.1) is 0 Å². The molecule has 1 heterocycles. The van der Waals surface area contributed by atoms with Gasteiger partial charge in [-0.1, -0.05) is 35.3 Å². The molecule has 0 bridgehead atoms. The fourth-order valence-corrected chi connectivity index (χ4v) is 2.82. The maximum atomic E-state index is 6.26. The van der Waals surface area contributed by atoms with Crippen LogP contribution < -0.4 is 5.32 Å². The highest BCUT2D eigenvalue weighted by atomic mass is 35.5. The molecule has 2 aromatic carbocycles. The molecule has 1 N–H and O–H groups in total. The van der Waals surface area contributed by atoms with Crippen LogP contribution in [0.15, 0.2) is 36.4 Å². The second-order valence-electron chi connectivity index (χ2n) is 4.74. The Labute approximate surface area is 132 Å². The van der Waals surface area contributed by atoms with Crippen LogP contribution in [0.2, 0.25) is 10.0 Å². The Bertz CT molecular complexity index is 831. The molecule has 1 aromatic heterocycles. The lowest BCUT2D eigenvalue weighted by molar-refractivity contribution is 1.21. The minimum Gasteiger partial charge on any atom is -0.373 e. The number of rotatable bonds is 2. The highest BCUT2D eigenvalue weighted by Gasteiger charge is 2.12. The van der Waals surface area contributed by atoms with E-state index >= 15 is 0 Å². The van der Waals surface area contributed by atoms with Crippen LogP contribution in [0.4, 0.5) is 5.82 Å². The second kappa shape index (κ2) is 5.51. The Morgan fingerprint density at radius 1 is 1.05 bits per heavy atom. The van der Waals surface area contributed by atoms with E-state index in [-0.39, 0.29) is 0 Å². The number of aryl methyl sites for hydroxylation is 1. The molecule has 0 aliphatic heterocycles. The summed E-state index contributed by atoms with van der Waals surface area (Å²) in [6, 6.07) is 11.3. The van der Waals surface area contributed by atoms with Crippen molar-refractivity contribution in [3.63, 3.8) is 0 Å². The van der Waals surface area contributed by atoms with E-state index in [1.54, 1.807) is 12.1 Å². The van der Waals surface area contributed by atoms with Crippen molar-refractivity contribution in [2.45, 2.75) is 6.92 Å². The molecule has 3 rings (SSSR count). The molecule has 0 aliphatic rings. The van der Waals surface area contributed by atoms with E-state index in [4.69, 9.17) is 23.2 Å². The highest BCUT2D eigenvalue weighted by molar-refractivity contribution is 6.36. The van der Waals surface area contributed by atoms with E-state index in [2.05, 4.69) is 15.3 Å². The summed E-state index contributed by atoms with van der Waals surface area (Å²) >= 11 is 12.2. The first kappa shape index (κ1) is 14.1. The zero-order valence-electron chi connectivity index (χ0n) is 11.6. The zero-order valence-corrected chi connectivity index (χ0v) is 13.1. The third-order valence-electron chi connectivity index (χ3n) is 3.34. The van der Waals surface area contributed by atoms with Crippen LogP contribution in [0.1, 0.15) is 5.56 Å². The van der Waals surface area contributed by atoms with E-state index < -0.39 is 0 Å². The first-order chi connectivity index (χ1) is 10.1. The summed E-state index contributed by atoms with van der Waals surface area (Å²) in [5.41, 5.74) is 2.78. The lowest BCUT2D eigenvalue weighted by atomic mass is 10.1. The van der Waals surface area contributed by atoms with Crippen LogP contribution >= 0.6 is 23.2 Å². The Balaban J connectivity index is 2.29. The number of fused-ring (bicyclic) bond motifs is 1. The summed E-state index contributed by atoms with van der Waals surface area (Å²) < 4.78 is 0. The molecule has 0 fully saturated rings. The van der Waals surface area contributed by atoms with Gasteiger partial charge < -0.3 is 5.32 Å². The van der Waals surface area contributed by atoms with Gasteiger partial charge in [-0.05, 0) is 36.8 Å². The van der Waals surface area contributed by atoms with Crippen LogP contribution in [-0.4, -0.2) is 17.0 Å². The summed E-state index contributed by atoms with van der Waals surface area (Å²) in [5.74, 6) is 1.37. The van der Waals surface area contributed by atoms with Gasteiger partial charge in [-0.25, -0.2) is 9.97 Å². The fraction of sp³-hybridized carbons (Fsp3) is 0.125. The summed E-state index contributed by atoms with van der Waals surface area (Å²) in [4.78, 5) is 9.22. The van der Waals surface area contributed by atoms with Gasteiger partial charge in [-0.2, -0.15) is 0 Å². The number of aromatic nitrogens is 2. The van der Waals surface area contributed by atoms with Gasteiger partial charge in [0, 0.05) is 23.0 Å². The third-order valence-corrected chi connectivity index (χ3v) is 3.89. The van der Waals surface area contributed by atoms with Crippen molar-refractivity contribution in [2.75, 3.05) is 12.4 Å². The van der Waals surface area contributed by atoms with Crippen LogP contribution in [-0.2, 0) is 0 Å². The monoisotopic (exact) mass is 317 g/mol. The van der Waals surface area contributed by atoms with Gasteiger partial charge in [0.2, 0.25) is 0 Å². The zero-order chi connectivity index (χ0) is 15.0. The van der Waals surface area contributed by atoms with Crippen molar-refractivity contribution in [3.8, 4) is 11.4 Å². The number of hydrogen-bond donors (Lipinski definition) is 1. The SMILES string of the molecule is CNc1nc(-c2ccc(Cl)cc2Cl)nc2cccc(C)c12. The summed E-state index contributed by atoms with van der Waals surface area (Å²) in [6.45, 7) is 2.04. The smallest absolute Gasteiger partial charge is 0.163 e. The Kier molecular flexibility index (Phi) is 3.70. The van der Waals surface area contributed by atoms with Crippen LogP contribution in [0.25, 0.3) is 22.3 Å². The van der Waals surface area contributed by atoms with Crippen molar-refractivity contribution in [1.82, 2.24) is 9.97 Å². The molecule has 0 saturated heterocycles. The van der Waals surface area contributed by atoms with Crippen LogP contribution in [0, 0.1) is 6.92 Å². The average Bonchev–Trinajstić information content (AvgIpc) is 2.46. The highest BCUT2D eigenvalue weighted by Crippen LogP contribution is 2.31. The molecule has 0 radical (unpaired) electrons. The van der Waals surface area contributed by atoms with Gasteiger partial charge in [-0.3, -0.25) is 0 Å². The van der Waals surface area contributed by atoms with Crippen LogP contribution in [0.3, 0.4) is 0 Å². The Morgan fingerprint density at radius 2 is 1.86 bits per heavy atom. The molecule has 0 amide bonds. The first-order valence-electron chi connectivity index (χ1n) is 6.50. The van der Waals surface area contributed by atoms with E-state index in [1.165, 1.54) is 0 Å². The van der Waals surface area contributed by atoms with Crippen molar-refractivity contribution in [1.29, 1.82) is 0 Å². The van der Waals surface area contributed by atoms with Gasteiger partial charge in [0.25, 0.3) is 0 Å². The Morgan fingerprint density at radius 3 is 2.57 bits per heavy atom. The largest absolute Gasteiger partial charge is 0.373 e. The molecule has 21 heavy (non-hydrogen) atoms. The van der Waals surface area contributed by atoms with Crippen molar-refractivity contribution < 1.29 is 0 Å². The quantitative estimate of drug-likeness (QED) is 0.726. The van der Waals surface area contributed by atoms with E-state index in [1.807, 2.05) is 38.2 Å². The molecule has 5 heteroatoms. The number of halogens is 2. The lowest BCUT2D eigenvalue weighted by Gasteiger charge is -2.11. The molecule has 0 unspecified atom stereocenters. The number of nitrogens with one attached hydrogen (secondary N) is 1. The molecule has 0 spiro atoms. The van der Waals surface area contributed by atoms with Crippen molar-refractivity contribution in [2.24, 2.45) is 0 Å². The predicted octanol–water partition coefficient (Wildman–Crippen LogP) is 4.95. The predicted molar refractivity (Wildman–Crippen MR) is 89.3 cm³/mol. The summed E-state index contributed by atoms with van der Waals surface area (Å²) in [5, 5.41) is 5.28. The van der Waals surface area contributed by atoms with Gasteiger partial charge >= 0.3 is 0 Å². The number of nitrogens with zero attached hydrogens (tertiary/aromatic N) is 2. The van der Waals surface area contributed by atoms with Gasteiger partial charge in [0.15, 0.2) is 5.82 Å².